The number of ether oxygens (including phenoxy) is 1. The molecule has 5 nitrogen and oxygen atoms in total. The number of amides is 2. The molecule has 0 aliphatic rings. The van der Waals surface area contributed by atoms with E-state index in [1.807, 2.05) is 67.6 Å². The first kappa shape index (κ1) is 20.1. The lowest BCUT2D eigenvalue weighted by molar-refractivity contribution is -0.123. The Morgan fingerprint density at radius 1 is 0.793 bits per heavy atom. The molecule has 0 bridgehead atoms. The third-order valence-corrected chi connectivity index (χ3v) is 4.67. The summed E-state index contributed by atoms with van der Waals surface area (Å²) < 4.78 is 5.39. The molecule has 0 aromatic heterocycles. The maximum absolute atomic E-state index is 13.1. The fourth-order valence-corrected chi connectivity index (χ4v) is 3.15. The molecule has 0 spiro atoms. The van der Waals surface area contributed by atoms with Gasteiger partial charge in [0.05, 0.1) is 13.2 Å². The van der Waals surface area contributed by atoms with Crippen molar-refractivity contribution in [2.45, 2.75) is 19.0 Å². The van der Waals surface area contributed by atoms with Gasteiger partial charge in [-0.05, 0) is 30.7 Å². The summed E-state index contributed by atoms with van der Waals surface area (Å²) in [6.45, 7) is 1.89. The van der Waals surface area contributed by atoms with E-state index < -0.39 is 6.04 Å². The van der Waals surface area contributed by atoms with Gasteiger partial charge in [-0.1, -0.05) is 66.7 Å². The molecule has 0 heterocycles. The third kappa shape index (κ3) is 5.02. The Hall–Kier alpha value is -3.60. The largest absolute Gasteiger partial charge is 0.496 e. The molecule has 0 saturated heterocycles. The minimum absolute atomic E-state index is 0.293. The Morgan fingerprint density at radius 3 is 2.03 bits per heavy atom. The molecule has 5 heteroatoms. The van der Waals surface area contributed by atoms with Crippen LogP contribution in [0.1, 0.15) is 40.5 Å². The SMILES string of the molecule is COc1ccccc1C(C)NC(=O)C(NC(=O)c1ccccc1)c1ccccc1. The highest BCUT2D eigenvalue weighted by atomic mass is 16.5. The second-order valence-electron chi connectivity index (χ2n) is 6.66. The summed E-state index contributed by atoms with van der Waals surface area (Å²) in [5.74, 6) is 0.100. The van der Waals surface area contributed by atoms with Gasteiger partial charge >= 0.3 is 0 Å². The van der Waals surface area contributed by atoms with Gasteiger partial charge in [-0.25, -0.2) is 0 Å². The molecule has 2 atom stereocenters. The minimum atomic E-state index is -0.818. The minimum Gasteiger partial charge on any atom is -0.496 e. The highest BCUT2D eigenvalue weighted by molar-refractivity contribution is 5.97. The number of nitrogens with one attached hydrogen (secondary N) is 2. The van der Waals surface area contributed by atoms with E-state index in [4.69, 9.17) is 4.74 Å². The fourth-order valence-electron chi connectivity index (χ4n) is 3.15. The summed E-state index contributed by atoms with van der Waals surface area (Å²) >= 11 is 0. The zero-order valence-corrected chi connectivity index (χ0v) is 16.5. The third-order valence-electron chi connectivity index (χ3n) is 4.67. The number of hydrogen-bond donors (Lipinski definition) is 2. The Balaban J connectivity index is 1.82. The molecule has 0 aliphatic carbocycles. The highest BCUT2D eigenvalue weighted by Crippen LogP contribution is 2.25. The number of methoxy groups -OCH3 is 1. The van der Waals surface area contributed by atoms with Crippen molar-refractivity contribution in [2.24, 2.45) is 0 Å². The van der Waals surface area contributed by atoms with E-state index in [0.717, 1.165) is 5.56 Å². The van der Waals surface area contributed by atoms with Gasteiger partial charge in [0.15, 0.2) is 0 Å². The van der Waals surface area contributed by atoms with E-state index in [-0.39, 0.29) is 17.9 Å². The predicted octanol–water partition coefficient (Wildman–Crippen LogP) is 4.04. The van der Waals surface area contributed by atoms with Crippen LogP contribution in [0.5, 0.6) is 5.75 Å². The summed E-state index contributed by atoms with van der Waals surface area (Å²) in [5.41, 5.74) is 2.07. The lowest BCUT2D eigenvalue weighted by Gasteiger charge is -2.23. The van der Waals surface area contributed by atoms with Gasteiger partial charge in [0.2, 0.25) is 5.91 Å². The van der Waals surface area contributed by atoms with Crippen LogP contribution in [0.2, 0.25) is 0 Å². The Labute approximate surface area is 170 Å². The number of rotatable bonds is 7. The molecule has 0 fully saturated rings. The number of hydrogen-bond acceptors (Lipinski definition) is 3. The van der Waals surface area contributed by atoms with E-state index in [2.05, 4.69) is 10.6 Å². The first-order valence-electron chi connectivity index (χ1n) is 9.44. The Bertz CT molecular complexity index is 958. The van der Waals surface area contributed by atoms with Crippen LogP contribution in [0.4, 0.5) is 0 Å². The number of carbonyl (C=O) groups excluding carboxylic acids is 2. The molecule has 0 aliphatic heterocycles. The number of carbonyl (C=O) groups is 2. The topological polar surface area (TPSA) is 67.4 Å². The van der Waals surface area contributed by atoms with Crippen molar-refractivity contribution in [1.29, 1.82) is 0 Å². The summed E-state index contributed by atoms with van der Waals surface area (Å²) in [4.78, 5) is 25.8. The maximum Gasteiger partial charge on any atom is 0.252 e. The van der Waals surface area contributed by atoms with Crippen molar-refractivity contribution < 1.29 is 14.3 Å². The molecular weight excluding hydrogens is 364 g/mol. The van der Waals surface area contributed by atoms with Gasteiger partial charge in [-0.2, -0.15) is 0 Å². The first-order chi connectivity index (χ1) is 14.1. The van der Waals surface area contributed by atoms with Crippen LogP contribution in [-0.4, -0.2) is 18.9 Å². The van der Waals surface area contributed by atoms with E-state index in [1.54, 1.807) is 31.4 Å². The van der Waals surface area contributed by atoms with E-state index in [1.165, 1.54) is 0 Å². The van der Waals surface area contributed by atoms with Crippen molar-refractivity contribution in [3.8, 4) is 5.75 Å². The molecule has 3 aromatic carbocycles. The monoisotopic (exact) mass is 388 g/mol. The molecule has 29 heavy (non-hydrogen) atoms. The fraction of sp³-hybridized carbons (Fsp3) is 0.167. The lowest BCUT2D eigenvalue weighted by Crippen LogP contribution is -2.41. The second-order valence-corrected chi connectivity index (χ2v) is 6.66. The molecule has 2 amide bonds. The Kier molecular flexibility index (Phi) is 6.63. The molecule has 3 rings (SSSR count). The van der Waals surface area contributed by atoms with Crippen molar-refractivity contribution in [1.82, 2.24) is 10.6 Å². The molecular formula is C24H24N2O3. The van der Waals surface area contributed by atoms with Crippen LogP contribution in [0, 0.1) is 0 Å². The van der Waals surface area contributed by atoms with Crippen LogP contribution in [0.3, 0.4) is 0 Å². The van der Waals surface area contributed by atoms with Gasteiger partial charge in [0.1, 0.15) is 11.8 Å². The number of benzene rings is 3. The van der Waals surface area contributed by atoms with Gasteiger partial charge in [-0.15, -0.1) is 0 Å². The molecule has 2 unspecified atom stereocenters. The molecule has 2 N–H and O–H groups in total. The molecule has 0 saturated carbocycles. The van der Waals surface area contributed by atoms with Crippen LogP contribution < -0.4 is 15.4 Å². The lowest BCUT2D eigenvalue weighted by atomic mass is 10.0. The molecule has 0 radical (unpaired) electrons. The Morgan fingerprint density at radius 2 is 1.38 bits per heavy atom. The number of para-hydroxylation sites is 1. The van der Waals surface area contributed by atoms with Crippen molar-refractivity contribution >= 4 is 11.8 Å². The zero-order chi connectivity index (χ0) is 20.6. The predicted molar refractivity (Wildman–Crippen MR) is 113 cm³/mol. The summed E-state index contributed by atoms with van der Waals surface area (Å²) in [6.07, 6.45) is 0. The van der Waals surface area contributed by atoms with E-state index >= 15 is 0 Å². The normalized spacial score (nSPS) is 12.5. The van der Waals surface area contributed by atoms with Crippen LogP contribution >= 0.6 is 0 Å². The summed E-state index contributed by atoms with van der Waals surface area (Å²) in [6, 6.07) is 24.5. The van der Waals surface area contributed by atoms with Gasteiger partial charge in [-0.3, -0.25) is 9.59 Å². The smallest absolute Gasteiger partial charge is 0.252 e. The standard InChI is InChI=1S/C24H24N2O3/c1-17(20-15-9-10-16-21(20)29-2)25-24(28)22(18-11-5-3-6-12-18)26-23(27)19-13-7-4-8-14-19/h3-17,22H,1-2H3,(H,25,28)(H,26,27). The van der Waals surface area contributed by atoms with Gasteiger partial charge in [0, 0.05) is 11.1 Å². The van der Waals surface area contributed by atoms with Gasteiger partial charge < -0.3 is 15.4 Å². The quantitative estimate of drug-likeness (QED) is 0.642. The average molecular weight is 388 g/mol. The van der Waals surface area contributed by atoms with Crippen molar-refractivity contribution in [3.63, 3.8) is 0 Å². The first-order valence-corrected chi connectivity index (χ1v) is 9.44. The van der Waals surface area contributed by atoms with Gasteiger partial charge in [0.25, 0.3) is 5.91 Å². The average Bonchev–Trinajstić information content (AvgIpc) is 2.78. The molecule has 148 valence electrons. The van der Waals surface area contributed by atoms with Crippen molar-refractivity contribution in [2.75, 3.05) is 7.11 Å². The van der Waals surface area contributed by atoms with E-state index in [9.17, 15) is 9.59 Å². The maximum atomic E-state index is 13.1. The summed E-state index contributed by atoms with van der Waals surface area (Å²) in [7, 11) is 1.60. The van der Waals surface area contributed by atoms with Crippen LogP contribution in [-0.2, 0) is 4.79 Å². The summed E-state index contributed by atoms with van der Waals surface area (Å²) in [5, 5.41) is 5.85. The highest BCUT2D eigenvalue weighted by Gasteiger charge is 2.25. The van der Waals surface area contributed by atoms with Crippen LogP contribution in [0.25, 0.3) is 0 Å². The van der Waals surface area contributed by atoms with E-state index in [0.29, 0.717) is 16.9 Å². The molecule has 3 aromatic rings. The van der Waals surface area contributed by atoms with Crippen molar-refractivity contribution in [3.05, 3.63) is 102 Å². The zero-order valence-electron chi connectivity index (χ0n) is 16.5. The second kappa shape index (κ2) is 9.55. The van der Waals surface area contributed by atoms with Crippen LogP contribution in [0.15, 0.2) is 84.9 Å².